The number of nitrogens with zero attached hydrogens (tertiary/aromatic N) is 1. The van der Waals surface area contributed by atoms with E-state index in [4.69, 9.17) is 0 Å². The van der Waals surface area contributed by atoms with E-state index in [1.165, 1.54) is 0 Å². The molecule has 1 spiro atoms. The number of hydrogen-bond donors (Lipinski definition) is 1. The van der Waals surface area contributed by atoms with Crippen LogP contribution in [-0.4, -0.2) is 17.3 Å². The van der Waals surface area contributed by atoms with Gasteiger partial charge in [-0.25, -0.2) is 0 Å². The van der Waals surface area contributed by atoms with Crippen LogP contribution in [0.1, 0.15) is 32.6 Å². The van der Waals surface area contributed by atoms with Crippen LogP contribution in [0.15, 0.2) is 4.99 Å². The van der Waals surface area contributed by atoms with E-state index in [2.05, 4.69) is 10.3 Å². The lowest BCUT2D eigenvalue weighted by Gasteiger charge is -2.14. The molecule has 60 valence electrons. The highest BCUT2D eigenvalue weighted by Gasteiger charge is 2.44. The van der Waals surface area contributed by atoms with E-state index in [0.29, 0.717) is 0 Å². The summed E-state index contributed by atoms with van der Waals surface area (Å²) in [4.78, 5) is 15.7. The first kappa shape index (κ1) is 6.83. The van der Waals surface area contributed by atoms with Gasteiger partial charge in [0.15, 0.2) is 0 Å². The third-order valence-electron chi connectivity index (χ3n) is 2.53. The van der Waals surface area contributed by atoms with Crippen molar-refractivity contribution >= 4 is 11.7 Å². The highest BCUT2D eigenvalue weighted by atomic mass is 16.2. The third-order valence-corrected chi connectivity index (χ3v) is 2.53. The zero-order valence-corrected chi connectivity index (χ0v) is 6.68. The second-order valence-corrected chi connectivity index (χ2v) is 3.39. The quantitative estimate of drug-likeness (QED) is 0.549. The fourth-order valence-corrected chi connectivity index (χ4v) is 1.98. The molecule has 1 saturated carbocycles. The van der Waals surface area contributed by atoms with Crippen molar-refractivity contribution < 1.29 is 4.79 Å². The summed E-state index contributed by atoms with van der Waals surface area (Å²) in [6, 6.07) is 0. The normalized spacial score (nSPS) is 27.4. The predicted octanol–water partition coefficient (Wildman–Crippen LogP) is 0.847. The van der Waals surface area contributed by atoms with E-state index in [1.807, 2.05) is 6.92 Å². The average Bonchev–Trinajstić information content (AvgIpc) is 2.45. The Kier molecular flexibility index (Phi) is 1.28. The predicted molar refractivity (Wildman–Crippen MR) is 42.5 cm³/mol. The summed E-state index contributed by atoms with van der Waals surface area (Å²) < 4.78 is 0. The highest BCUT2D eigenvalue weighted by molar-refractivity contribution is 6.07. The summed E-state index contributed by atoms with van der Waals surface area (Å²) >= 11 is 0. The Bertz CT molecular complexity index is 226. The monoisotopic (exact) mass is 152 g/mol. The van der Waals surface area contributed by atoms with E-state index in [1.54, 1.807) is 0 Å². The van der Waals surface area contributed by atoms with Crippen LogP contribution in [0.3, 0.4) is 0 Å². The SMILES string of the molecule is CC1=NC2(CCCC2)C(=O)N1. The van der Waals surface area contributed by atoms with Gasteiger partial charge in [0.25, 0.3) is 5.91 Å². The average molecular weight is 152 g/mol. The van der Waals surface area contributed by atoms with Crippen molar-refractivity contribution in [1.29, 1.82) is 0 Å². The number of rotatable bonds is 0. The van der Waals surface area contributed by atoms with Crippen molar-refractivity contribution in [3.8, 4) is 0 Å². The number of aliphatic imine (C=N–C) groups is 1. The molecule has 0 aromatic heterocycles. The first-order chi connectivity index (χ1) is 5.23. The van der Waals surface area contributed by atoms with Gasteiger partial charge >= 0.3 is 0 Å². The summed E-state index contributed by atoms with van der Waals surface area (Å²) in [5, 5.41) is 2.76. The molecule has 0 radical (unpaired) electrons. The number of amides is 1. The molecule has 0 atom stereocenters. The van der Waals surface area contributed by atoms with Crippen molar-refractivity contribution in [1.82, 2.24) is 5.32 Å². The summed E-state index contributed by atoms with van der Waals surface area (Å²) in [7, 11) is 0. The van der Waals surface area contributed by atoms with Crippen molar-refractivity contribution in [2.24, 2.45) is 4.99 Å². The number of nitrogens with one attached hydrogen (secondary N) is 1. The van der Waals surface area contributed by atoms with Crippen molar-refractivity contribution in [2.45, 2.75) is 38.1 Å². The van der Waals surface area contributed by atoms with E-state index in [-0.39, 0.29) is 11.4 Å². The van der Waals surface area contributed by atoms with Gasteiger partial charge in [-0.15, -0.1) is 0 Å². The van der Waals surface area contributed by atoms with Gasteiger partial charge < -0.3 is 5.32 Å². The smallest absolute Gasteiger partial charge is 0.253 e. The maximum atomic E-state index is 11.4. The summed E-state index contributed by atoms with van der Waals surface area (Å²) in [6.45, 7) is 1.85. The molecule has 0 aromatic rings. The molecule has 1 fully saturated rings. The molecule has 0 unspecified atom stereocenters. The lowest BCUT2D eigenvalue weighted by atomic mass is 9.99. The second-order valence-electron chi connectivity index (χ2n) is 3.39. The fraction of sp³-hybridized carbons (Fsp3) is 0.750. The molecule has 11 heavy (non-hydrogen) atoms. The van der Waals surface area contributed by atoms with E-state index in [0.717, 1.165) is 31.5 Å². The zero-order valence-electron chi connectivity index (χ0n) is 6.68. The third kappa shape index (κ3) is 0.870. The van der Waals surface area contributed by atoms with Gasteiger partial charge in [0.2, 0.25) is 0 Å². The molecular weight excluding hydrogens is 140 g/mol. The van der Waals surface area contributed by atoms with Crippen LogP contribution in [0.5, 0.6) is 0 Å². The van der Waals surface area contributed by atoms with Crippen LogP contribution in [0, 0.1) is 0 Å². The lowest BCUT2D eigenvalue weighted by Crippen LogP contribution is -2.36. The van der Waals surface area contributed by atoms with Crippen LogP contribution in [0.25, 0.3) is 0 Å². The van der Waals surface area contributed by atoms with Gasteiger partial charge in [0, 0.05) is 0 Å². The number of hydrogen-bond acceptors (Lipinski definition) is 2. The van der Waals surface area contributed by atoms with Gasteiger partial charge in [0.05, 0.1) is 0 Å². The van der Waals surface area contributed by atoms with Crippen LogP contribution in [0.2, 0.25) is 0 Å². The Hall–Kier alpha value is -0.860. The van der Waals surface area contributed by atoms with Crippen molar-refractivity contribution in [3.63, 3.8) is 0 Å². The van der Waals surface area contributed by atoms with Crippen molar-refractivity contribution in [3.05, 3.63) is 0 Å². The zero-order chi connectivity index (χ0) is 7.90. The minimum Gasteiger partial charge on any atom is -0.313 e. The molecule has 0 aromatic carbocycles. The Morgan fingerprint density at radius 1 is 1.45 bits per heavy atom. The minimum atomic E-state index is -0.343. The standard InChI is InChI=1S/C8H12N2O/c1-6-9-7(11)8(10-6)4-2-3-5-8/h2-5H2,1H3,(H,9,10,11). The van der Waals surface area contributed by atoms with Crippen LogP contribution in [-0.2, 0) is 4.79 Å². The molecule has 1 N–H and O–H groups in total. The maximum absolute atomic E-state index is 11.4. The van der Waals surface area contributed by atoms with Crippen molar-refractivity contribution in [2.75, 3.05) is 0 Å². The van der Waals surface area contributed by atoms with E-state index < -0.39 is 0 Å². The Morgan fingerprint density at radius 3 is 2.55 bits per heavy atom. The molecule has 1 aliphatic carbocycles. The van der Waals surface area contributed by atoms with Gasteiger partial charge in [-0.1, -0.05) is 12.8 Å². The largest absolute Gasteiger partial charge is 0.313 e. The number of carbonyl (C=O) groups excluding carboxylic acids is 1. The van der Waals surface area contributed by atoms with Gasteiger partial charge in [0.1, 0.15) is 11.4 Å². The summed E-state index contributed by atoms with van der Waals surface area (Å²) in [5.41, 5.74) is -0.343. The minimum absolute atomic E-state index is 0.118. The lowest BCUT2D eigenvalue weighted by molar-refractivity contribution is -0.123. The molecule has 2 aliphatic rings. The van der Waals surface area contributed by atoms with Crippen LogP contribution in [0.4, 0.5) is 0 Å². The maximum Gasteiger partial charge on any atom is 0.253 e. The first-order valence-corrected chi connectivity index (χ1v) is 4.11. The van der Waals surface area contributed by atoms with Gasteiger partial charge in [-0.2, -0.15) is 0 Å². The first-order valence-electron chi connectivity index (χ1n) is 4.11. The molecule has 1 amide bonds. The van der Waals surface area contributed by atoms with E-state index >= 15 is 0 Å². The Balaban J connectivity index is 2.30. The van der Waals surface area contributed by atoms with E-state index in [9.17, 15) is 4.79 Å². The fourth-order valence-electron chi connectivity index (χ4n) is 1.98. The van der Waals surface area contributed by atoms with Gasteiger partial charge in [-0.05, 0) is 19.8 Å². The molecule has 0 bridgehead atoms. The van der Waals surface area contributed by atoms with Crippen LogP contribution >= 0.6 is 0 Å². The number of carbonyl (C=O) groups is 1. The molecule has 3 heteroatoms. The molecular formula is C8H12N2O. The highest BCUT2D eigenvalue weighted by Crippen LogP contribution is 2.35. The second kappa shape index (κ2) is 2.06. The number of amidine groups is 1. The summed E-state index contributed by atoms with van der Waals surface area (Å²) in [5.74, 6) is 0.907. The molecule has 1 heterocycles. The van der Waals surface area contributed by atoms with Crippen LogP contribution < -0.4 is 5.32 Å². The molecule has 3 nitrogen and oxygen atoms in total. The Morgan fingerprint density at radius 2 is 2.09 bits per heavy atom. The topological polar surface area (TPSA) is 41.5 Å². The Labute approximate surface area is 65.9 Å². The molecule has 2 rings (SSSR count). The summed E-state index contributed by atoms with van der Waals surface area (Å²) in [6.07, 6.45) is 4.17. The van der Waals surface area contributed by atoms with Gasteiger partial charge in [-0.3, -0.25) is 9.79 Å². The molecule has 1 aliphatic heterocycles. The molecule has 0 saturated heterocycles.